The Morgan fingerprint density at radius 2 is 1.84 bits per heavy atom. The number of rotatable bonds is 7. The van der Waals surface area contributed by atoms with Crippen LogP contribution in [0.25, 0.3) is 6.08 Å². The minimum Gasteiger partial charge on any atom is -0.493 e. The molecular weight excluding hydrogens is 605 g/mol. The van der Waals surface area contributed by atoms with Crippen LogP contribution in [0.4, 0.5) is 16.2 Å². The minimum absolute atomic E-state index is 0.0430. The number of carbonyl (C=O) groups excluding carboxylic acids is 3. The topological polar surface area (TPSA) is 128 Å². The summed E-state index contributed by atoms with van der Waals surface area (Å²) in [5, 5.41) is 13.3. The fourth-order valence-electron chi connectivity index (χ4n) is 3.88. The normalized spacial score (nSPS) is 14.5. The second-order valence-corrected chi connectivity index (χ2v) is 9.66. The molecule has 4 amide bonds. The van der Waals surface area contributed by atoms with Crippen LogP contribution in [0.1, 0.15) is 22.3 Å². The van der Waals surface area contributed by atoms with Gasteiger partial charge in [0.25, 0.3) is 17.5 Å². The van der Waals surface area contributed by atoms with Crippen molar-refractivity contribution in [2.45, 2.75) is 20.5 Å². The number of amides is 4. The molecule has 38 heavy (non-hydrogen) atoms. The highest BCUT2D eigenvalue weighted by Crippen LogP contribution is 2.36. The van der Waals surface area contributed by atoms with E-state index in [1.54, 1.807) is 43.3 Å². The van der Waals surface area contributed by atoms with E-state index < -0.39 is 22.8 Å². The summed E-state index contributed by atoms with van der Waals surface area (Å²) in [5.41, 5.74) is 2.77. The Hall–Kier alpha value is -4.26. The lowest BCUT2D eigenvalue weighted by molar-refractivity contribution is -0.384. The number of nitrogens with zero attached hydrogens (tertiary/aromatic N) is 2. The third-order valence-corrected chi connectivity index (χ3v) is 6.58. The summed E-state index contributed by atoms with van der Waals surface area (Å²) in [7, 11) is 1.45. The van der Waals surface area contributed by atoms with E-state index in [0.29, 0.717) is 37.4 Å². The molecule has 0 radical (unpaired) electrons. The number of aryl methyl sites for hydroxylation is 2. The third-order valence-electron chi connectivity index (χ3n) is 5.77. The van der Waals surface area contributed by atoms with Crippen LogP contribution in [0.3, 0.4) is 0 Å². The predicted molar refractivity (Wildman–Crippen MR) is 148 cm³/mol. The summed E-state index contributed by atoms with van der Waals surface area (Å²) >= 11 is 2.03. The van der Waals surface area contributed by atoms with Crippen molar-refractivity contribution in [3.63, 3.8) is 0 Å². The SMILES string of the molecule is COc1cc(/C=C2\C(=O)NC(=O)N(c3cc(C)ccc3C)C2=O)cc(I)c1OCc1cccc([N+](=O)[O-])c1. The maximum atomic E-state index is 13.3. The van der Waals surface area contributed by atoms with Crippen molar-refractivity contribution in [2.24, 2.45) is 0 Å². The van der Waals surface area contributed by atoms with Crippen LogP contribution in [0.5, 0.6) is 11.5 Å². The third kappa shape index (κ3) is 5.52. The summed E-state index contributed by atoms with van der Waals surface area (Å²) in [5.74, 6) is -0.817. The Bertz CT molecular complexity index is 1520. The molecule has 0 bridgehead atoms. The van der Waals surface area contributed by atoms with Crippen molar-refractivity contribution in [1.29, 1.82) is 0 Å². The van der Waals surface area contributed by atoms with Crippen LogP contribution >= 0.6 is 22.6 Å². The van der Waals surface area contributed by atoms with Gasteiger partial charge in [0.1, 0.15) is 12.2 Å². The maximum absolute atomic E-state index is 13.3. The summed E-state index contributed by atoms with van der Waals surface area (Å²) in [6, 6.07) is 13.9. The largest absolute Gasteiger partial charge is 0.493 e. The summed E-state index contributed by atoms with van der Waals surface area (Å²) in [4.78, 5) is 50.1. The molecule has 0 spiro atoms. The standard InChI is InChI=1S/C27H22IN3O7/c1-15-7-8-16(2)22(9-15)30-26(33)20(25(32)29-27(30)34)11-18-12-21(28)24(23(13-18)37-3)38-14-17-5-4-6-19(10-17)31(35)36/h4-13H,14H2,1-3H3,(H,29,32,34)/b20-11+. The molecule has 10 nitrogen and oxygen atoms in total. The van der Waals surface area contributed by atoms with Gasteiger partial charge in [0.2, 0.25) is 0 Å². The Labute approximate surface area is 231 Å². The number of nitrogens with one attached hydrogen (secondary N) is 1. The lowest BCUT2D eigenvalue weighted by Crippen LogP contribution is -2.54. The van der Waals surface area contributed by atoms with Crippen LogP contribution in [0, 0.1) is 27.5 Å². The molecule has 0 atom stereocenters. The molecule has 1 aliphatic rings. The number of imide groups is 2. The summed E-state index contributed by atoms with van der Waals surface area (Å²) < 4.78 is 12.0. The summed E-state index contributed by atoms with van der Waals surface area (Å²) in [6.07, 6.45) is 1.39. The molecule has 0 aromatic heterocycles. The Kier molecular flexibility index (Phi) is 7.76. The first kappa shape index (κ1) is 26.8. The van der Waals surface area contributed by atoms with E-state index in [1.165, 1.54) is 25.3 Å². The molecule has 11 heteroatoms. The maximum Gasteiger partial charge on any atom is 0.335 e. The van der Waals surface area contributed by atoms with E-state index in [1.807, 2.05) is 35.6 Å². The molecule has 0 saturated carbocycles. The average Bonchev–Trinajstić information content (AvgIpc) is 2.87. The van der Waals surface area contributed by atoms with E-state index in [2.05, 4.69) is 5.32 Å². The highest BCUT2D eigenvalue weighted by atomic mass is 127. The molecule has 1 heterocycles. The van der Waals surface area contributed by atoms with Crippen LogP contribution in [0.2, 0.25) is 0 Å². The van der Waals surface area contributed by atoms with Crippen molar-refractivity contribution < 1.29 is 28.8 Å². The van der Waals surface area contributed by atoms with Gasteiger partial charge >= 0.3 is 6.03 Å². The van der Waals surface area contributed by atoms with Gasteiger partial charge in [0.05, 0.1) is 21.3 Å². The van der Waals surface area contributed by atoms with Crippen LogP contribution in [-0.4, -0.2) is 29.9 Å². The molecule has 1 fully saturated rings. The zero-order valence-electron chi connectivity index (χ0n) is 20.6. The molecular formula is C27H22IN3O7. The number of nitro groups is 1. The molecule has 194 valence electrons. The van der Waals surface area contributed by atoms with Crippen LogP contribution < -0.4 is 19.7 Å². The Morgan fingerprint density at radius 3 is 2.55 bits per heavy atom. The number of benzene rings is 3. The van der Waals surface area contributed by atoms with E-state index in [0.717, 1.165) is 10.5 Å². The van der Waals surface area contributed by atoms with Gasteiger partial charge in [-0.05, 0) is 83.0 Å². The fourth-order valence-corrected chi connectivity index (χ4v) is 4.66. The van der Waals surface area contributed by atoms with Gasteiger partial charge in [-0.1, -0.05) is 24.3 Å². The number of barbiturate groups is 1. The number of halogens is 1. The van der Waals surface area contributed by atoms with E-state index >= 15 is 0 Å². The molecule has 1 N–H and O–H groups in total. The van der Waals surface area contributed by atoms with Gasteiger partial charge in [-0.3, -0.25) is 25.0 Å². The number of ether oxygens (including phenoxy) is 2. The minimum atomic E-state index is -0.817. The van der Waals surface area contributed by atoms with E-state index in [4.69, 9.17) is 9.47 Å². The van der Waals surface area contributed by atoms with Crippen LogP contribution in [-0.2, 0) is 16.2 Å². The van der Waals surface area contributed by atoms with Crippen molar-refractivity contribution in [3.05, 3.63) is 96.1 Å². The van der Waals surface area contributed by atoms with E-state index in [9.17, 15) is 24.5 Å². The van der Waals surface area contributed by atoms with Gasteiger partial charge in [-0.25, -0.2) is 9.69 Å². The van der Waals surface area contributed by atoms with Crippen molar-refractivity contribution >= 4 is 57.9 Å². The number of methoxy groups -OCH3 is 1. The first-order valence-corrected chi connectivity index (χ1v) is 12.4. The Balaban J connectivity index is 1.65. The van der Waals surface area contributed by atoms with Gasteiger partial charge in [0, 0.05) is 12.1 Å². The highest BCUT2D eigenvalue weighted by Gasteiger charge is 2.37. The molecule has 0 aliphatic carbocycles. The van der Waals surface area contributed by atoms with Crippen LogP contribution in [0.15, 0.2) is 60.2 Å². The number of urea groups is 1. The number of hydrogen-bond donors (Lipinski definition) is 1. The molecule has 4 rings (SSSR count). The lowest BCUT2D eigenvalue weighted by atomic mass is 10.0. The van der Waals surface area contributed by atoms with Gasteiger partial charge in [-0.15, -0.1) is 0 Å². The predicted octanol–water partition coefficient (Wildman–Crippen LogP) is 5.07. The van der Waals surface area contributed by atoms with Crippen molar-refractivity contribution in [2.75, 3.05) is 12.0 Å². The molecule has 1 aliphatic heterocycles. The first-order chi connectivity index (χ1) is 18.1. The first-order valence-electron chi connectivity index (χ1n) is 11.3. The monoisotopic (exact) mass is 627 g/mol. The zero-order chi connectivity index (χ0) is 27.6. The fraction of sp³-hybridized carbons (Fsp3) is 0.148. The molecule has 1 saturated heterocycles. The molecule has 0 unspecified atom stereocenters. The second-order valence-electron chi connectivity index (χ2n) is 8.50. The number of carbonyl (C=O) groups is 3. The molecule has 3 aromatic rings. The number of anilines is 1. The second kappa shape index (κ2) is 11.0. The lowest BCUT2D eigenvalue weighted by Gasteiger charge is -2.27. The van der Waals surface area contributed by atoms with Gasteiger partial charge < -0.3 is 9.47 Å². The van der Waals surface area contributed by atoms with E-state index in [-0.39, 0.29) is 17.9 Å². The Morgan fingerprint density at radius 1 is 1.08 bits per heavy atom. The van der Waals surface area contributed by atoms with Crippen molar-refractivity contribution in [1.82, 2.24) is 5.32 Å². The van der Waals surface area contributed by atoms with Crippen molar-refractivity contribution in [3.8, 4) is 11.5 Å². The average molecular weight is 627 g/mol. The molecule has 3 aromatic carbocycles. The highest BCUT2D eigenvalue weighted by molar-refractivity contribution is 14.1. The van der Waals surface area contributed by atoms with Gasteiger partial charge in [-0.2, -0.15) is 0 Å². The number of hydrogen-bond acceptors (Lipinski definition) is 7. The smallest absolute Gasteiger partial charge is 0.335 e. The zero-order valence-corrected chi connectivity index (χ0v) is 22.8. The summed E-state index contributed by atoms with van der Waals surface area (Å²) in [6.45, 7) is 3.67. The number of nitro benzene ring substituents is 1. The van der Waals surface area contributed by atoms with Gasteiger partial charge in [0.15, 0.2) is 11.5 Å². The number of non-ortho nitro benzene ring substituents is 1. The quantitative estimate of drug-likeness (QED) is 0.127.